The molecule has 0 radical (unpaired) electrons. The van der Waals surface area contributed by atoms with Crippen molar-refractivity contribution in [2.45, 2.75) is 20.1 Å². The van der Waals surface area contributed by atoms with Gasteiger partial charge < -0.3 is 14.4 Å². The average molecular weight is 291 g/mol. The minimum absolute atomic E-state index is 0.107. The van der Waals surface area contributed by atoms with E-state index in [2.05, 4.69) is 4.98 Å². The van der Waals surface area contributed by atoms with Gasteiger partial charge >= 0.3 is 0 Å². The number of pyridine rings is 1. The monoisotopic (exact) mass is 291 g/mol. The molecule has 0 saturated carbocycles. The summed E-state index contributed by atoms with van der Waals surface area (Å²) in [5, 5.41) is 0. The number of amides is 1. The maximum Gasteiger partial charge on any atom is 0.272 e. The van der Waals surface area contributed by atoms with E-state index in [4.69, 9.17) is 9.47 Å². The topological polar surface area (TPSA) is 56.1 Å². The summed E-state index contributed by atoms with van der Waals surface area (Å²) >= 11 is 0. The molecule has 0 aromatic carbocycles. The van der Waals surface area contributed by atoms with Crippen molar-refractivity contribution in [3.63, 3.8) is 0 Å². The summed E-state index contributed by atoms with van der Waals surface area (Å²) in [6, 6.07) is 3.89. The fourth-order valence-electron chi connectivity index (χ4n) is 2.26. The van der Waals surface area contributed by atoms with Crippen LogP contribution in [0.25, 0.3) is 5.65 Å². The zero-order valence-corrected chi connectivity index (χ0v) is 13.1. The molecular weight excluding hydrogens is 270 g/mol. The normalized spacial score (nSPS) is 11.3. The summed E-state index contributed by atoms with van der Waals surface area (Å²) in [6.07, 6.45) is 1.47. The van der Waals surface area contributed by atoms with Crippen LogP contribution in [0, 0.1) is 13.8 Å². The Labute approximate surface area is 124 Å². The fourth-order valence-corrected chi connectivity index (χ4v) is 2.26. The molecule has 0 atom stereocenters. The molecule has 0 N–H and O–H groups in total. The number of ether oxygens (including phenoxy) is 2. The van der Waals surface area contributed by atoms with Crippen molar-refractivity contribution in [2.75, 3.05) is 27.8 Å². The lowest BCUT2D eigenvalue weighted by Crippen LogP contribution is -2.36. The second kappa shape index (κ2) is 6.24. The molecule has 21 heavy (non-hydrogen) atoms. The van der Waals surface area contributed by atoms with E-state index in [0.717, 1.165) is 11.2 Å². The van der Waals surface area contributed by atoms with E-state index in [1.807, 2.05) is 36.6 Å². The number of aryl methyl sites for hydroxylation is 2. The van der Waals surface area contributed by atoms with Gasteiger partial charge in [0.25, 0.3) is 5.91 Å². The Hall–Kier alpha value is -1.92. The Morgan fingerprint density at radius 2 is 2.00 bits per heavy atom. The van der Waals surface area contributed by atoms with Crippen molar-refractivity contribution in [3.8, 4) is 0 Å². The zero-order chi connectivity index (χ0) is 15.6. The van der Waals surface area contributed by atoms with Crippen LogP contribution in [0.2, 0.25) is 0 Å². The van der Waals surface area contributed by atoms with Gasteiger partial charge in [-0.25, -0.2) is 4.98 Å². The highest BCUT2D eigenvalue weighted by Gasteiger charge is 2.22. The minimum Gasteiger partial charge on any atom is -0.354 e. The van der Waals surface area contributed by atoms with Gasteiger partial charge in [0.15, 0.2) is 6.29 Å². The van der Waals surface area contributed by atoms with Crippen LogP contribution in [-0.4, -0.2) is 54.3 Å². The van der Waals surface area contributed by atoms with Gasteiger partial charge in [-0.05, 0) is 25.5 Å². The molecule has 0 aliphatic rings. The number of carbonyl (C=O) groups excluding carboxylic acids is 1. The number of fused-ring (bicyclic) bond motifs is 1. The zero-order valence-electron chi connectivity index (χ0n) is 13.1. The smallest absolute Gasteiger partial charge is 0.272 e. The Morgan fingerprint density at radius 3 is 2.62 bits per heavy atom. The van der Waals surface area contributed by atoms with E-state index in [9.17, 15) is 4.79 Å². The third kappa shape index (κ3) is 3.06. The third-order valence-corrected chi connectivity index (χ3v) is 3.44. The minimum atomic E-state index is -0.444. The number of nitrogens with zero attached hydrogens (tertiary/aromatic N) is 3. The molecule has 0 spiro atoms. The van der Waals surface area contributed by atoms with Crippen molar-refractivity contribution < 1.29 is 14.3 Å². The lowest BCUT2D eigenvalue weighted by Gasteiger charge is -2.22. The maximum atomic E-state index is 12.7. The van der Waals surface area contributed by atoms with Gasteiger partial charge in [0, 0.05) is 27.5 Å². The highest BCUT2D eigenvalue weighted by Crippen LogP contribution is 2.15. The molecule has 0 saturated heterocycles. The summed E-state index contributed by atoms with van der Waals surface area (Å²) in [5.41, 5.74) is 3.12. The first-order valence-electron chi connectivity index (χ1n) is 6.74. The van der Waals surface area contributed by atoms with Gasteiger partial charge in [0.1, 0.15) is 11.3 Å². The standard InChI is InChI=1S/C15H21N3O3/c1-10-6-7-12-16-11(2)14(18(12)8-10)15(19)17(3)9-13(20-4)21-5/h6-8,13H,9H2,1-5H3. The van der Waals surface area contributed by atoms with E-state index in [-0.39, 0.29) is 5.91 Å². The summed E-state index contributed by atoms with van der Waals surface area (Å²) in [4.78, 5) is 18.7. The molecule has 0 fully saturated rings. The highest BCUT2D eigenvalue weighted by atomic mass is 16.7. The Morgan fingerprint density at radius 1 is 1.33 bits per heavy atom. The van der Waals surface area contributed by atoms with Crippen LogP contribution >= 0.6 is 0 Å². The molecule has 2 heterocycles. The van der Waals surface area contributed by atoms with Crippen LogP contribution in [0.15, 0.2) is 18.3 Å². The van der Waals surface area contributed by atoms with Crippen LogP contribution in [-0.2, 0) is 9.47 Å². The molecule has 2 aromatic heterocycles. The van der Waals surface area contributed by atoms with Gasteiger partial charge in [-0.15, -0.1) is 0 Å². The van der Waals surface area contributed by atoms with Gasteiger partial charge in [-0.1, -0.05) is 6.07 Å². The number of imidazole rings is 1. The first kappa shape index (κ1) is 15.5. The van der Waals surface area contributed by atoms with E-state index >= 15 is 0 Å². The van der Waals surface area contributed by atoms with E-state index < -0.39 is 6.29 Å². The molecular formula is C15H21N3O3. The number of carbonyl (C=O) groups is 1. The quantitative estimate of drug-likeness (QED) is 0.786. The first-order valence-corrected chi connectivity index (χ1v) is 6.74. The highest BCUT2D eigenvalue weighted by molar-refractivity contribution is 5.94. The molecule has 1 amide bonds. The van der Waals surface area contributed by atoms with Gasteiger partial charge in [-0.3, -0.25) is 9.20 Å². The molecule has 0 bridgehead atoms. The maximum absolute atomic E-state index is 12.7. The first-order chi connectivity index (χ1) is 9.97. The number of rotatable bonds is 5. The fraction of sp³-hybridized carbons (Fsp3) is 0.467. The van der Waals surface area contributed by atoms with Crippen molar-refractivity contribution >= 4 is 11.6 Å². The molecule has 6 nitrogen and oxygen atoms in total. The van der Waals surface area contributed by atoms with E-state index in [1.54, 1.807) is 26.2 Å². The molecule has 114 valence electrons. The molecule has 2 aromatic rings. The molecule has 0 unspecified atom stereocenters. The second-order valence-electron chi connectivity index (χ2n) is 5.07. The Balaban J connectivity index is 2.34. The summed E-state index contributed by atoms with van der Waals surface area (Å²) in [7, 11) is 4.83. The predicted molar refractivity (Wildman–Crippen MR) is 79.4 cm³/mol. The number of hydrogen-bond donors (Lipinski definition) is 0. The summed E-state index contributed by atoms with van der Waals surface area (Å²) in [5.74, 6) is -0.107. The SMILES string of the molecule is COC(CN(C)C(=O)c1c(C)nc2ccc(C)cn12)OC. The number of hydrogen-bond acceptors (Lipinski definition) is 4. The van der Waals surface area contributed by atoms with Crippen molar-refractivity contribution in [1.29, 1.82) is 0 Å². The van der Waals surface area contributed by atoms with E-state index in [1.165, 1.54) is 0 Å². The van der Waals surface area contributed by atoms with Gasteiger partial charge in [-0.2, -0.15) is 0 Å². The van der Waals surface area contributed by atoms with E-state index in [0.29, 0.717) is 17.9 Å². The van der Waals surface area contributed by atoms with Crippen molar-refractivity contribution in [1.82, 2.24) is 14.3 Å². The van der Waals surface area contributed by atoms with Crippen molar-refractivity contribution in [2.24, 2.45) is 0 Å². The van der Waals surface area contributed by atoms with Crippen molar-refractivity contribution in [3.05, 3.63) is 35.3 Å². The lowest BCUT2D eigenvalue weighted by molar-refractivity contribution is -0.110. The van der Waals surface area contributed by atoms with Crippen LogP contribution in [0.1, 0.15) is 21.7 Å². The van der Waals surface area contributed by atoms with Crippen LogP contribution < -0.4 is 0 Å². The third-order valence-electron chi connectivity index (χ3n) is 3.44. The van der Waals surface area contributed by atoms with Gasteiger partial charge in [0.2, 0.25) is 0 Å². The van der Waals surface area contributed by atoms with Crippen LogP contribution in [0.3, 0.4) is 0 Å². The number of methoxy groups -OCH3 is 2. The average Bonchev–Trinajstić information content (AvgIpc) is 2.78. The molecule has 6 heteroatoms. The van der Waals surface area contributed by atoms with Crippen LogP contribution in [0.5, 0.6) is 0 Å². The van der Waals surface area contributed by atoms with Gasteiger partial charge in [0.05, 0.1) is 12.2 Å². The second-order valence-corrected chi connectivity index (χ2v) is 5.07. The molecule has 0 aliphatic carbocycles. The number of aromatic nitrogens is 2. The summed E-state index contributed by atoms with van der Waals surface area (Å²) < 4.78 is 12.1. The largest absolute Gasteiger partial charge is 0.354 e. The van der Waals surface area contributed by atoms with Crippen LogP contribution in [0.4, 0.5) is 0 Å². The molecule has 0 aliphatic heterocycles. The molecule has 2 rings (SSSR count). The lowest BCUT2D eigenvalue weighted by atomic mass is 10.3. The Bertz CT molecular complexity index is 647. The summed E-state index contributed by atoms with van der Waals surface area (Å²) in [6.45, 7) is 4.18. The Kier molecular flexibility index (Phi) is 4.59. The predicted octanol–water partition coefficient (Wildman–Crippen LogP) is 1.64. The number of likely N-dealkylation sites (N-methyl/N-ethyl adjacent to an activating group) is 1.